The molecule has 2 nitrogen and oxygen atoms in total. The number of rotatable bonds is 2. The zero-order valence-electron chi connectivity index (χ0n) is 10.2. The molecule has 90 valence electrons. The van der Waals surface area contributed by atoms with Crippen molar-refractivity contribution in [1.82, 2.24) is 0 Å². The lowest BCUT2D eigenvalue weighted by Crippen LogP contribution is -3.00. The van der Waals surface area contributed by atoms with Crippen LogP contribution in [-0.2, 0) is 0 Å². The van der Waals surface area contributed by atoms with Gasteiger partial charge < -0.3 is 33.4 Å². The molecule has 1 aromatic rings. The fourth-order valence-corrected chi connectivity index (χ4v) is 2.16. The Hall–Kier alpha value is -0.290. The molecule has 0 aromatic heterocycles. The van der Waals surface area contributed by atoms with Crippen LogP contribution in [0.25, 0.3) is 0 Å². The van der Waals surface area contributed by atoms with Gasteiger partial charge in [0.25, 0.3) is 0 Å². The first-order valence-corrected chi connectivity index (χ1v) is 5.87. The van der Waals surface area contributed by atoms with Crippen molar-refractivity contribution >= 4 is 5.69 Å². The number of quaternary nitrogens is 1. The normalized spacial score (nSPS) is 19.0. The summed E-state index contributed by atoms with van der Waals surface area (Å²) in [5, 5.41) is 0. The molecule has 0 bridgehead atoms. The van der Waals surface area contributed by atoms with E-state index in [9.17, 15) is 0 Å². The van der Waals surface area contributed by atoms with E-state index in [1.54, 1.807) is 0 Å². The number of benzene rings is 1. The Kier molecular flexibility index (Phi) is 5.05. The van der Waals surface area contributed by atoms with E-state index >= 15 is 0 Å². The van der Waals surface area contributed by atoms with Crippen LogP contribution in [0, 0.1) is 0 Å². The van der Waals surface area contributed by atoms with E-state index in [2.05, 4.69) is 49.2 Å². The average Bonchev–Trinajstić information content (AvgIpc) is 2.31. The molecule has 1 aliphatic heterocycles. The zero-order chi connectivity index (χ0) is 10.7. The van der Waals surface area contributed by atoms with Crippen molar-refractivity contribution in [2.45, 2.75) is 6.92 Å². The molecule has 1 aliphatic rings. The molecule has 0 spiro atoms. The summed E-state index contributed by atoms with van der Waals surface area (Å²) in [7, 11) is 2.36. The van der Waals surface area contributed by atoms with Crippen molar-refractivity contribution in [3.05, 3.63) is 30.3 Å². The van der Waals surface area contributed by atoms with Crippen molar-refractivity contribution in [3.63, 3.8) is 0 Å². The van der Waals surface area contributed by atoms with E-state index in [4.69, 9.17) is 0 Å². The molecular weight excluding hydrogens is 311 g/mol. The number of likely N-dealkylation sites (N-methyl/N-ethyl adjacent to an activating group) is 1. The predicted octanol–water partition coefficient (Wildman–Crippen LogP) is -1.02. The summed E-state index contributed by atoms with van der Waals surface area (Å²) in [6.45, 7) is 8.46. The van der Waals surface area contributed by atoms with Gasteiger partial charge in [0.1, 0.15) is 0 Å². The fraction of sp³-hybridized carbons (Fsp3) is 0.538. The minimum absolute atomic E-state index is 0. The van der Waals surface area contributed by atoms with Crippen LogP contribution in [0.1, 0.15) is 6.92 Å². The first-order chi connectivity index (χ1) is 7.23. The van der Waals surface area contributed by atoms with Gasteiger partial charge in [-0.3, -0.25) is 0 Å². The van der Waals surface area contributed by atoms with Crippen LogP contribution in [0.2, 0.25) is 0 Å². The Labute approximate surface area is 116 Å². The molecule has 0 atom stereocenters. The largest absolute Gasteiger partial charge is 1.00 e. The predicted molar refractivity (Wildman–Crippen MR) is 65.1 cm³/mol. The molecule has 0 aliphatic carbocycles. The first-order valence-electron chi connectivity index (χ1n) is 5.87. The molecule has 2 rings (SSSR count). The molecule has 1 saturated heterocycles. The van der Waals surface area contributed by atoms with E-state index in [0.29, 0.717) is 0 Å². The first kappa shape index (κ1) is 13.8. The monoisotopic (exact) mass is 332 g/mol. The smallest absolute Gasteiger partial charge is 0.0963 e. The summed E-state index contributed by atoms with van der Waals surface area (Å²) in [4.78, 5) is 2.50. The highest BCUT2D eigenvalue weighted by Gasteiger charge is 2.26. The molecule has 1 fully saturated rings. The maximum Gasteiger partial charge on any atom is 0.0963 e. The highest BCUT2D eigenvalue weighted by Crippen LogP contribution is 2.17. The Bertz CT molecular complexity index is 305. The Morgan fingerprint density at radius 2 is 1.69 bits per heavy atom. The van der Waals surface area contributed by atoms with Crippen LogP contribution in [0.5, 0.6) is 0 Å². The van der Waals surface area contributed by atoms with Gasteiger partial charge in [0.2, 0.25) is 0 Å². The van der Waals surface area contributed by atoms with E-state index in [0.717, 1.165) is 0 Å². The van der Waals surface area contributed by atoms with Crippen LogP contribution in [0.3, 0.4) is 0 Å². The van der Waals surface area contributed by atoms with Gasteiger partial charge in [0.15, 0.2) is 0 Å². The average molecular weight is 332 g/mol. The van der Waals surface area contributed by atoms with E-state index in [1.165, 1.54) is 42.9 Å². The zero-order valence-corrected chi connectivity index (χ0v) is 12.4. The van der Waals surface area contributed by atoms with Crippen molar-refractivity contribution in [1.29, 1.82) is 0 Å². The van der Waals surface area contributed by atoms with Gasteiger partial charge in [-0.1, -0.05) is 18.2 Å². The summed E-state index contributed by atoms with van der Waals surface area (Å²) in [6.07, 6.45) is 0. The maximum absolute atomic E-state index is 2.50. The standard InChI is InChI=1S/C13H21N2.HI/c1-3-15(2)11-9-14(10-12-15)13-7-5-4-6-8-13;/h4-8H,3,9-12H2,1-2H3;1H/q+1;/p-1. The minimum Gasteiger partial charge on any atom is -1.00 e. The molecule has 0 N–H and O–H groups in total. The highest BCUT2D eigenvalue weighted by atomic mass is 127. The summed E-state index contributed by atoms with van der Waals surface area (Å²) >= 11 is 0. The van der Waals surface area contributed by atoms with Crippen LogP contribution in [0.4, 0.5) is 5.69 Å². The molecule has 0 radical (unpaired) electrons. The van der Waals surface area contributed by atoms with Gasteiger partial charge in [-0.15, -0.1) is 0 Å². The van der Waals surface area contributed by atoms with Crippen molar-refractivity contribution in [2.75, 3.05) is 44.7 Å². The Morgan fingerprint density at radius 1 is 1.12 bits per heavy atom. The van der Waals surface area contributed by atoms with E-state index in [1.807, 2.05) is 0 Å². The van der Waals surface area contributed by atoms with Crippen LogP contribution in [0.15, 0.2) is 30.3 Å². The third-order valence-corrected chi connectivity index (χ3v) is 3.70. The molecule has 0 amide bonds. The van der Waals surface area contributed by atoms with Gasteiger partial charge in [-0.05, 0) is 19.1 Å². The molecule has 0 saturated carbocycles. The summed E-state index contributed by atoms with van der Waals surface area (Å²) in [5.74, 6) is 0. The molecule has 3 heteroatoms. The van der Waals surface area contributed by atoms with Gasteiger partial charge in [-0.2, -0.15) is 0 Å². The summed E-state index contributed by atoms with van der Waals surface area (Å²) in [6, 6.07) is 10.7. The van der Waals surface area contributed by atoms with E-state index in [-0.39, 0.29) is 24.0 Å². The Morgan fingerprint density at radius 3 is 2.19 bits per heavy atom. The number of halogens is 1. The number of para-hydroxylation sites is 1. The SMILES string of the molecule is CC[N+]1(C)CCN(c2ccccc2)CC1.[I-]. The number of nitrogens with zero attached hydrogens (tertiary/aromatic N) is 2. The number of hydrogen-bond acceptors (Lipinski definition) is 1. The molecular formula is C13H21IN2. The second-order valence-electron chi connectivity index (χ2n) is 4.71. The maximum atomic E-state index is 2.50. The van der Waals surface area contributed by atoms with Gasteiger partial charge >= 0.3 is 0 Å². The van der Waals surface area contributed by atoms with Crippen LogP contribution in [-0.4, -0.2) is 44.3 Å². The van der Waals surface area contributed by atoms with Crippen LogP contribution < -0.4 is 28.9 Å². The lowest BCUT2D eigenvalue weighted by atomic mass is 10.2. The molecule has 1 heterocycles. The lowest BCUT2D eigenvalue weighted by molar-refractivity contribution is -0.908. The van der Waals surface area contributed by atoms with Crippen molar-refractivity contribution in [2.24, 2.45) is 0 Å². The van der Waals surface area contributed by atoms with Gasteiger partial charge in [-0.25, -0.2) is 0 Å². The minimum atomic E-state index is 0. The number of hydrogen-bond donors (Lipinski definition) is 0. The molecule has 16 heavy (non-hydrogen) atoms. The summed E-state index contributed by atoms with van der Waals surface area (Å²) in [5.41, 5.74) is 1.37. The third-order valence-electron chi connectivity index (χ3n) is 3.70. The van der Waals surface area contributed by atoms with Gasteiger partial charge in [0, 0.05) is 5.69 Å². The topological polar surface area (TPSA) is 3.24 Å². The fourth-order valence-electron chi connectivity index (χ4n) is 2.16. The summed E-state index contributed by atoms with van der Waals surface area (Å²) < 4.78 is 1.23. The van der Waals surface area contributed by atoms with Crippen molar-refractivity contribution < 1.29 is 28.5 Å². The lowest BCUT2D eigenvalue weighted by Gasteiger charge is -2.42. The molecule has 1 aromatic carbocycles. The highest BCUT2D eigenvalue weighted by molar-refractivity contribution is 5.46. The molecule has 0 unspecified atom stereocenters. The second kappa shape index (κ2) is 5.87. The quantitative estimate of drug-likeness (QED) is 0.495. The Balaban J connectivity index is 0.00000128. The van der Waals surface area contributed by atoms with Crippen LogP contribution >= 0.6 is 0 Å². The number of anilines is 1. The number of piperazine rings is 1. The second-order valence-corrected chi connectivity index (χ2v) is 4.71. The van der Waals surface area contributed by atoms with Crippen molar-refractivity contribution in [3.8, 4) is 0 Å². The van der Waals surface area contributed by atoms with E-state index < -0.39 is 0 Å². The third kappa shape index (κ3) is 3.10. The van der Waals surface area contributed by atoms with Gasteiger partial charge in [0.05, 0.1) is 39.8 Å².